The van der Waals surface area contributed by atoms with Crippen LogP contribution in [0.15, 0.2) is 24.3 Å². The number of carbonyl (C=O) groups excluding carboxylic acids is 2. The molecule has 1 aromatic rings. The van der Waals surface area contributed by atoms with E-state index in [-0.39, 0.29) is 24.5 Å². The quantitative estimate of drug-likeness (QED) is 0.804. The highest BCUT2D eigenvalue weighted by Crippen LogP contribution is 2.33. The van der Waals surface area contributed by atoms with Crippen LogP contribution in [-0.4, -0.2) is 35.6 Å². The van der Waals surface area contributed by atoms with Crippen molar-refractivity contribution in [1.82, 2.24) is 4.90 Å². The predicted molar refractivity (Wildman–Crippen MR) is 86.5 cm³/mol. The van der Waals surface area contributed by atoms with Crippen LogP contribution in [0.2, 0.25) is 0 Å². The summed E-state index contributed by atoms with van der Waals surface area (Å²) in [5.41, 5.74) is 2.35. The molecule has 0 N–H and O–H groups in total. The van der Waals surface area contributed by atoms with Gasteiger partial charge in [0.2, 0.25) is 5.91 Å². The number of esters is 1. The van der Waals surface area contributed by atoms with Crippen molar-refractivity contribution in [1.29, 1.82) is 0 Å². The Labute approximate surface area is 135 Å². The van der Waals surface area contributed by atoms with Crippen LogP contribution in [0.3, 0.4) is 0 Å². The Morgan fingerprint density at radius 2 is 2.14 bits per heavy atom. The molecule has 0 aliphatic carbocycles. The summed E-state index contributed by atoms with van der Waals surface area (Å²) >= 11 is 1.78. The van der Waals surface area contributed by atoms with Gasteiger partial charge in [0.05, 0.1) is 0 Å². The van der Waals surface area contributed by atoms with E-state index in [4.69, 9.17) is 4.74 Å². The van der Waals surface area contributed by atoms with Gasteiger partial charge in [0.1, 0.15) is 12.6 Å². The third-order valence-corrected chi connectivity index (χ3v) is 5.25. The Kier molecular flexibility index (Phi) is 5.03. The Morgan fingerprint density at radius 3 is 3.05 bits per heavy atom. The maximum atomic E-state index is 12.2. The minimum atomic E-state index is -0.294. The molecule has 0 saturated carbocycles. The molecule has 2 aliphatic rings. The summed E-state index contributed by atoms with van der Waals surface area (Å²) in [6.07, 6.45) is 3.32. The van der Waals surface area contributed by atoms with Gasteiger partial charge in [-0.3, -0.25) is 9.59 Å². The maximum Gasteiger partial charge on any atom is 0.326 e. The molecule has 2 heterocycles. The first-order valence-electron chi connectivity index (χ1n) is 7.87. The van der Waals surface area contributed by atoms with Gasteiger partial charge >= 0.3 is 5.97 Å². The molecule has 5 heteroatoms. The highest BCUT2D eigenvalue weighted by molar-refractivity contribution is 7.98. The Morgan fingerprint density at radius 1 is 1.27 bits per heavy atom. The number of nitrogens with zero attached hydrogens (tertiary/aromatic N) is 1. The van der Waals surface area contributed by atoms with Gasteiger partial charge in [-0.25, -0.2) is 0 Å². The van der Waals surface area contributed by atoms with Crippen molar-refractivity contribution in [2.24, 2.45) is 0 Å². The lowest BCUT2D eigenvalue weighted by Gasteiger charge is -2.26. The van der Waals surface area contributed by atoms with Crippen molar-refractivity contribution >= 4 is 23.6 Å². The fourth-order valence-corrected chi connectivity index (χ4v) is 4.06. The largest absolute Gasteiger partial charge is 0.455 e. The number of hydrogen-bond donors (Lipinski definition) is 0. The first kappa shape index (κ1) is 15.4. The Bertz CT molecular complexity index is 561. The minimum Gasteiger partial charge on any atom is -0.455 e. The van der Waals surface area contributed by atoms with Gasteiger partial charge in [-0.1, -0.05) is 30.7 Å². The van der Waals surface area contributed by atoms with E-state index in [1.54, 1.807) is 16.7 Å². The highest BCUT2D eigenvalue weighted by atomic mass is 32.2. The number of thioether (sulfide) groups is 1. The van der Waals surface area contributed by atoms with Crippen LogP contribution in [0.5, 0.6) is 0 Å². The number of hydrogen-bond acceptors (Lipinski definition) is 4. The number of rotatable bonds is 3. The molecule has 0 unspecified atom stereocenters. The van der Waals surface area contributed by atoms with Crippen LogP contribution in [0.1, 0.15) is 42.9 Å². The van der Waals surface area contributed by atoms with Crippen LogP contribution in [0, 0.1) is 0 Å². The first-order valence-corrected chi connectivity index (χ1v) is 9.02. The van der Waals surface area contributed by atoms with Crippen molar-refractivity contribution < 1.29 is 14.3 Å². The van der Waals surface area contributed by atoms with Gasteiger partial charge in [0, 0.05) is 24.5 Å². The average molecular weight is 319 g/mol. The molecule has 1 atom stereocenters. The number of fused-ring (bicyclic) bond motifs is 1. The molecule has 0 spiro atoms. The molecule has 1 fully saturated rings. The van der Waals surface area contributed by atoms with E-state index < -0.39 is 0 Å². The smallest absolute Gasteiger partial charge is 0.326 e. The molecule has 0 aromatic heterocycles. The molecule has 0 bridgehead atoms. The molecule has 118 valence electrons. The number of carbonyl (C=O) groups is 2. The molecule has 1 saturated heterocycles. The number of likely N-dealkylation sites (tertiary alicyclic amines) is 1. The fourth-order valence-electron chi connectivity index (χ4n) is 3.00. The number of benzene rings is 1. The molecule has 1 aromatic carbocycles. The van der Waals surface area contributed by atoms with E-state index in [0.29, 0.717) is 13.0 Å². The van der Waals surface area contributed by atoms with E-state index in [1.165, 1.54) is 5.56 Å². The van der Waals surface area contributed by atoms with Crippen molar-refractivity contribution in [3.63, 3.8) is 0 Å². The Balaban J connectivity index is 1.61. The molecular formula is C17H21NO3S. The van der Waals surface area contributed by atoms with Gasteiger partial charge in [-0.15, -0.1) is 0 Å². The van der Waals surface area contributed by atoms with E-state index in [1.807, 2.05) is 18.2 Å². The third-order valence-electron chi connectivity index (χ3n) is 4.19. The molecule has 2 aliphatic heterocycles. The lowest BCUT2D eigenvalue weighted by molar-refractivity contribution is -0.153. The van der Waals surface area contributed by atoms with E-state index in [2.05, 4.69) is 6.07 Å². The summed E-state index contributed by atoms with van der Waals surface area (Å²) in [5.74, 6) is 1.54. The zero-order valence-electron chi connectivity index (χ0n) is 12.6. The SMILES string of the molecule is O=C(CN1CCCCCC1=O)O[C@H]1CSCc2ccccc21. The van der Waals surface area contributed by atoms with Crippen molar-refractivity contribution in [2.45, 2.75) is 37.5 Å². The topological polar surface area (TPSA) is 46.6 Å². The summed E-state index contributed by atoms with van der Waals surface area (Å²) in [6.45, 7) is 0.756. The summed E-state index contributed by atoms with van der Waals surface area (Å²) in [6, 6.07) is 8.11. The predicted octanol–water partition coefficient (Wildman–Crippen LogP) is 2.92. The molecular weight excluding hydrogens is 298 g/mol. The lowest BCUT2D eigenvalue weighted by Crippen LogP contribution is -2.36. The summed E-state index contributed by atoms with van der Waals surface area (Å²) < 4.78 is 5.66. The average Bonchev–Trinajstić information content (AvgIpc) is 2.73. The minimum absolute atomic E-state index is 0.0767. The Hall–Kier alpha value is -1.49. The summed E-state index contributed by atoms with van der Waals surface area (Å²) in [7, 11) is 0. The zero-order valence-corrected chi connectivity index (χ0v) is 13.4. The van der Waals surface area contributed by atoms with Crippen molar-refractivity contribution in [3.05, 3.63) is 35.4 Å². The lowest BCUT2D eigenvalue weighted by atomic mass is 10.0. The monoisotopic (exact) mass is 319 g/mol. The summed E-state index contributed by atoms with van der Waals surface area (Å²) in [5, 5.41) is 0. The molecule has 3 rings (SSSR count). The summed E-state index contributed by atoms with van der Waals surface area (Å²) in [4.78, 5) is 25.8. The van der Waals surface area contributed by atoms with E-state index in [9.17, 15) is 9.59 Å². The van der Waals surface area contributed by atoms with Gasteiger partial charge in [-0.2, -0.15) is 11.8 Å². The second kappa shape index (κ2) is 7.18. The molecule has 22 heavy (non-hydrogen) atoms. The third kappa shape index (κ3) is 3.64. The van der Waals surface area contributed by atoms with Crippen LogP contribution < -0.4 is 0 Å². The molecule has 4 nitrogen and oxygen atoms in total. The van der Waals surface area contributed by atoms with Crippen LogP contribution in [0.25, 0.3) is 0 Å². The van der Waals surface area contributed by atoms with Crippen LogP contribution >= 0.6 is 11.8 Å². The normalized spacial score (nSPS) is 21.9. The number of ether oxygens (including phenoxy) is 1. The van der Waals surface area contributed by atoms with E-state index in [0.717, 1.165) is 36.3 Å². The van der Waals surface area contributed by atoms with Crippen LogP contribution in [-0.2, 0) is 20.1 Å². The number of amides is 1. The van der Waals surface area contributed by atoms with Crippen molar-refractivity contribution in [3.8, 4) is 0 Å². The van der Waals surface area contributed by atoms with Gasteiger partial charge in [-0.05, 0) is 24.0 Å². The van der Waals surface area contributed by atoms with E-state index >= 15 is 0 Å². The second-order valence-corrected chi connectivity index (χ2v) is 6.85. The highest BCUT2D eigenvalue weighted by Gasteiger charge is 2.26. The van der Waals surface area contributed by atoms with Crippen LogP contribution in [0.4, 0.5) is 0 Å². The van der Waals surface area contributed by atoms with Gasteiger partial charge in [0.15, 0.2) is 0 Å². The second-order valence-electron chi connectivity index (χ2n) is 5.82. The maximum absolute atomic E-state index is 12.2. The first-order chi connectivity index (χ1) is 10.7. The fraction of sp³-hybridized carbons (Fsp3) is 0.529. The van der Waals surface area contributed by atoms with Gasteiger partial charge in [0.25, 0.3) is 0 Å². The van der Waals surface area contributed by atoms with Gasteiger partial charge < -0.3 is 9.64 Å². The molecule has 0 radical (unpaired) electrons. The zero-order chi connectivity index (χ0) is 15.4. The molecule has 1 amide bonds. The van der Waals surface area contributed by atoms with Crippen molar-refractivity contribution in [2.75, 3.05) is 18.8 Å². The standard InChI is InChI=1S/C17H21NO3S/c19-16-8-2-1-5-9-18(16)10-17(20)21-15-12-22-11-13-6-3-4-7-14(13)15/h3-4,6-7,15H,1-2,5,8-12H2/t15-/m0/s1.